The second-order valence-electron chi connectivity index (χ2n) is 9.40. The summed E-state index contributed by atoms with van der Waals surface area (Å²) in [6, 6.07) is 13.3. The smallest absolute Gasteiger partial charge is 0.406 e. The molecule has 0 radical (unpaired) electrons. The average molecular weight is 514 g/mol. The van der Waals surface area contributed by atoms with Crippen molar-refractivity contribution >= 4 is 16.7 Å². The summed E-state index contributed by atoms with van der Waals surface area (Å²) in [7, 11) is 1.69. The lowest BCUT2D eigenvalue weighted by atomic mass is 9.95. The largest absolute Gasteiger partial charge is 0.573 e. The first kappa shape index (κ1) is 26.5. The van der Waals surface area contributed by atoms with Crippen LogP contribution < -0.4 is 15.2 Å². The number of halogens is 3. The standard InChI is InChI=1S/C27H30F3N5O2/c1-5-20-16-34(24-13-25(36)33(4)23-12-9-19(14-31)32-26(23)24)17(3)15-35(20)22(6-2)18-7-10-21(11-8-18)37-27(28,29)30/h7-13,17,20,22H,5-6,15-16H2,1-4H3/t17-,20?,22?/m0/s1. The fraction of sp³-hybridized carbons (Fsp3) is 0.444. The van der Waals surface area contributed by atoms with Crippen LogP contribution in [-0.4, -0.2) is 46.0 Å². The van der Waals surface area contributed by atoms with Gasteiger partial charge < -0.3 is 14.2 Å². The Kier molecular flexibility index (Phi) is 7.46. The minimum absolute atomic E-state index is 0.0122. The van der Waals surface area contributed by atoms with E-state index in [9.17, 15) is 23.2 Å². The van der Waals surface area contributed by atoms with Gasteiger partial charge in [0.1, 0.15) is 23.0 Å². The van der Waals surface area contributed by atoms with E-state index >= 15 is 0 Å². The van der Waals surface area contributed by atoms with Gasteiger partial charge in [-0.3, -0.25) is 9.69 Å². The molecule has 0 saturated carbocycles. The highest BCUT2D eigenvalue weighted by Crippen LogP contribution is 2.35. The molecule has 0 N–H and O–H groups in total. The molecule has 0 amide bonds. The summed E-state index contributed by atoms with van der Waals surface area (Å²) in [5.41, 5.74) is 3.05. The van der Waals surface area contributed by atoms with Crippen molar-refractivity contribution in [3.8, 4) is 11.8 Å². The molecule has 3 atom stereocenters. The van der Waals surface area contributed by atoms with Gasteiger partial charge in [-0.1, -0.05) is 26.0 Å². The quantitative estimate of drug-likeness (QED) is 0.454. The Bertz CT molecular complexity index is 1360. The number of fused-ring (bicyclic) bond motifs is 1. The number of rotatable bonds is 6. The van der Waals surface area contributed by atoms with Crippen LogP contribution in [0.25, 0.3) is 11.0 Å². The van der Waals surface area contributed by atoms with Crippen molar-refractivity contribution in [3.63, 3.8) is 0 Å². The molecule has 0 aliphatic carbocycles. The fourth-order valence-corrected chi connectivity index (χ4v) is 5.29. The van der Waals surface area contributed by atoms with Crippen LogP contribution in [0.15, 0.2) is 47.3 Å². The van der Waals surface area contributed by atoms with Crippen molar-refractivity contribution in [2.45, 2.75) is 58.1 Å². The zero-order valence-corrected chi connectivity index (χ0v) is 21.3. The average Bonchev–Trinajstić information content (AvgIpc) is 2.86. The molecule has 3 heterocycles. The van der Waals surface area contributed by atoms with Crippen molar-refractivity contribution in [1.82, 2.24) is 14.5 Å². The Morgan fingerprint density at radius 2 is 1.86 bits per heavy atom. The molecule has 1 aliphatic heterocycles. The highest BCUT2D eigenvalue weighted by molar-refractivity contribution is 5.89. The van der Waals surface area contributed by atoms with Crippen LogP contribution in [0.1, 0.15) is 50.9 Å². The number of nitrogens with zero attached hydrogens (tertiary/aromatic N) is 5. The molecule has 7 nitrogen and oxygen atoms in total. The second-order valence-corrected chi connectivity index (χ2v) is 9.40. The minimum Gasteiger partial charge on any atom is -0.406 e. The number of alkyl halides is 3. The molecule has 3 aromatic rings. The van der Waals surface area contributed by atoms with E-state index in [0.717, 1.165) is 18.4 Å². The summed E-state index contributed by atoms with van der Waals surface area (Å²) in [5, 5.41) is 9.39. The van der Waals surface area contributed by atoms with E-state index < -0.39 is 6.36 Å². The number of ether oxygens (including phenoxy) is 1. The van der Waals surface area contributed by atoms with Crippen molar-refractivity contribution < 1.29 is 17.9 Å². The zero-order valence-electron chi connectivity index (χ0n) is 21.3. The lowest BCUT2D eigenvalue weighted by molar-refractivity contribution is -0.274. The number of piperazine rings is 1. The summed E-state index contributed by atoms with van der Waals surface area (Å²) < 4.78 is 43.3. The predicted molar refractivity (Wildman–Crippen MR) is 135 cm³/mol. The van der Waals surface area contributed by atoms with Crippen LogP contribution in [0.2, 0.25) is 0 Å². The van der Waals surface area contributed by atoms with Gasteiger partial charge in [0.05, 0.1) is 11.2 Å². The highest BCUT2D eigenvalue weighted by atomic mass is 19.4. The summed E-state index contributed by atoms with van der Waals surface area (Å²) in [6.07, 6.45) is -3.10. The van der Waals surface area contributed by atoms with E-state index in [1.54, 1.807) is 37.4 Å². The zero-order chi connectivity index (χ0) is 26.9. The van der Waals surface area contributed by atoms with Gasteiger partial charge in [0, 0.05) is 44.3 Å². The number of benzene rings is 1. The molecular formula is C27H30F3N5O2. The third-order valence-corrected chi connectivity index (χ3v) is 7.13. The molecule has 1 aromatic carbocycles. The number of anilines is 1. The van der Waals surface area contributed by atoms with E-state index in [4.69, 9.17) is 0 Å². The van der Waals surface area contributed by atoms with Crippen LogP contribution >= 0.6 is 0 Å². The molecule has 1 saturated heterocycles. The number of hydrogen-bond acceptors (Lipinski definition) is 6. The van der Waals surface area contributed by atoms with E-state index in [-0.39, 0.29) is 35.1 Å². The summed E-state index contributed by atoms with van der Waals surface area (Å²) in [5.74, 6) is -0.238. The van der Waals surface area contributed by atoms with Gasteiger partial charge in [0.15, 0.2) is 0 Å². The summed E-state index contributed by atoms with van der Waals surface area (Å²) >= 11 is 0. The predicted octanol–water partition coefficient (Wildman–Crippen LogP) is 5.14. The third kappa shape index (κ3) is 5.42. The molecule has 1 fully saturated rings. The molecule has 2 aromatic heterocycles. The lowest BCUT2D eigenvalue weighted by Crippen LogP contribution is -2.58. The number of pyridine rings is 2. The van der Waals surface area contributed by atoms with E-state index in [0.29, 0.717) is 29.8 Å². The maximum atomic E-state index is 12.8. The molecule has 10 heteroatoms. The summed E-state index contributed by atoms with van der Waals surface area (Å²) in [6.45, 7) is 7.59. The van der Waals surface area contributed by atoms with E-state index in [1.165, 1.54) is 16.7 Å². The molecule has 196 valence electrons. The van der Waals surface area contributed by atoms with Crippen molar-refractivity contribution in [1.29, 1.82) is 5.26 Å². The van der Waals surface area contributed by atoms with Gasteiger partial charge in [-0.15, -0.1) is 13.2 Å². The molecule has 37 heavy (non-hydrogen) atoms. The number of aromatic nitrogens is 2. The lowest BCUT2D eigenvalue weighted by Gasteiger charge is -2.49. The van der Waals surface area contributed by atoms with Gasteiger partial charge in [-0.2, -0.15) is 5.26 Å². The van der Waals surface area contributed by atoms with Gasteiger partial charge in [-0.25, -0.2) is 4.98 Å². The Labute approximate surface area is 213 Å². The molecular weight excluding hydrogens is 483 g/mol. The third-order valence-electron chi connectivity index (χ3n) is 7.13. The van der Waals surface area contributed by atoms with Gasteiger partial charge in [-0.05, 0) is 49.6 Å². The topological polar surface area (TPSA) is 74.4 Å². The van der Waals surface area contributed by atoms with E-state index in [1.807, 2.05) is 0 Å². The molecule has 2 unspecified atom stereocenters. The second kappa shape index (κ2) is 10.4. The molecule has 0 bridgehead atoms. The first-order valence-electron chi connectivity index (χ1n) is 12.3. The van der Waals surface area contributed by atoms with Crippen LogP contribution in [0.5, 0.6) is 5.75 Å². The number of nitriles is 1. The maximum Gasteiger partial charge on any atom is 0.573 e. The number of aryl methyl sites for hydroxylation is 1. The van der Waals surface area contributed by atoms with Gasteiger partial charge in [0.2, 0.25) is 0 Å². The van der Waals surface area contributed by atoms with Crippen molar-refractivity contribution in [2.24, 2.45) is 7.05 Å². The molecule has 0 spiro atoms. The van der Waals surface area contributed by atoms with Crippen LogP contribution in [-0.2, 0) is 7.05 Å². The Morgan fingerprint density at radius 1 is 1.16 bits per heavy atom. The normalized spacial score (nSPS) is 19.6. The van der Waals surface area contributed by atoms with Gasteiger partial charge >= 0.3 is 6.36 Å². The van der Waals surface area contributed by atoms with E-state index in [2.05, 4.69) is 46.4 Å². The molecule has 1 aliphatic rings. The fourth-order valence-electron chi connectivity index (χ4n) is 5.29. The summed E-state index contributed by atoms with van der Waals surface area (Å²) in [4.78, 5) is 21.9. The first-order chi connectivity index (χ1) is 17.6. The highest BCUT2D eigenvalue weighted by Gasteiger charge is 2.36. The van der Waals surface area contributed by atoms with Crippen LogP contribution in [0.4, 0.5) is 18.9 Å². The molecule has 4 rings (SSSR count). The maximum absolute atomic E-state index is 12.8. The monoisotopic (exact) mass is 513 g/mol. The first-order valence-corrected chi connectivity index (χ1v) is 12.3. The minimum atomic E-state index is -4.73. The van der Waals surface area contributed by atoms with Gasteiger partial charge in [0.25, 0.3) is 5.56 Å². The van der Waals surface area contributed by atoms with Crippen LogP contribution in [0, 0.1) is 11.3 Å². The Morgan fingerprint density at radius 3 is 2.46 bits per heavy atom. The van der Waals surface area contributed by atoms with Crippen LogP contribution in [0.3, 0.4) is 0 Å². The number of hydrogen-bond donors (Lipinski definition) is 0. The Balaban J connectivity index is 1.66. The Hall–Kier alpha value is -3.58. The SMILES string of the molecule is CCC1CN(c2cc(=O)n(C)c3ccc(C#N)nc23)[C@@H](C)CN1C(CC)c1ccc(OC(F)(F)F)cc1. The van der Waals surface area contributed by atoms with Crippen molar-refractivity contribution in [2.75, 3.05) is 18.0 Å². The van der Waals surface area contributed by atoms with Crippen molar-refractivity contribution in [3.05, 3.63) is 64.1 Å².